The Labute approximate surface area is 249 Å². The number of hydrogen-bond donors (Lipinski definition) is 3. The second-order valence-corrected chi connectivity index (χ2v) is 11.7. The molecule has 0 aromatic heterocycles. The number of carbonyl (C=O) groups excluding carboxylic acids is 2. The van der Waals surface area contributed by atoms with Crippen LogP contribution in [0.1, 0.15) is 38.8 Å². The summed E-state index contributed by atoms with van der Waals surface area (Å²) in [6.07, 6.45) is -0.0935. The minimum Gasteiger partial charge on any atom is -0.488 e. The Kier molecular flexibility index (Phi) is 10.6. The number of anilines is 1. The number of rotatable bonds is 9. The number of nitrogens with zero attached hydrogens (tertiary/aromatic N) is 2. The van der Waals surface area contributed by atoms with Crippen LogP contribution < -0.4 is 15.4 Å². The lowest BCUT2D eigenvalue weighted by Crippen LogP contribution is -2.47. The summed E-state index contributed by atoms with van der Waals surface area (Å²) in [5.74, 6) is 0.560. The van der Waals surface area contributed by atoms with Crippen LogP contribution in [-0.4, -0.2) is 71.8 Å². The third kappa shape index (κ3) is 8.33. The van der Waals surface area contributed by atoms with Gasteiger partial charge in [-0.05, 0) is 62.7 Å². The summed E-state index contributed by atoms with van der Waals surface area (Å²) in [5.41, 5.74) is 4.87. The fourth-order valence-corrected chi connectivity index (χ4v) is 5.27. The lowest BCUT2D eigenvalue weighted by atomic mass is 10.0. The number of fused-ring (bicyclic) bond motifs is 1. The van der Waals surface area contributed by atoms with Crippen LogP contribution >= 0.6 is 0 Å². The van der Waals surface area contributed by atoms with Crippen molar-refractivity contribution in [2.24, 2.45) is 5.92 Å². The van der Waals surface area contributed by atoms with Crippen molar-refractivity contribution in [2.75, 3.05) is 32.1 Å². The second-order valence-electron chi connectivity index (χ2n) is 11.7. The van der Waals surface area contributed by atoms with E-state index in [0.29, 0.717) is 30.1 Å². The van der Waals surface area contributed by atoms with Crippen molar-refractivity contribution >= 4 is 17.6 Å². The Morgan fingerprint density at radius 1 is 1.05 bits per heavy atom. The number of aliphatic hydroxyl groups is 1. The van der Waals surface area contributed by atoms with Crippen LogP contribution in [0.4, 0.5) is 10.5 Å². The minimum absolute atomic E-state index is 0.00248. The van der Waals surface area contributed by atoms with Gasteiger partial charge in [-0.15, -0.1) is 0 Å². The van der Waals surface area contributed by atoms with Gasteiger partial charge in [-0.1, -0.05) is 61.5 Å². The first kappa shape index (κ1) is 31.1. The molecule has 8 heteroatoms. The third-order valence-corrected chi connectivity index (χ3v) is 7.60. The van der Waals surface area contributed by atoms with E-state index in [-0.39, 0.29) is 49.1 Å². The summed E-state index contributed by atoms with van der Waals surface area (Å²) >= 11 is 0. The Bertz CT molecular complexity index is 1330. The molecule has 0 aliphatic carbocycles. The fraction of sp³-hybridized carbons (Fsp3) is 0.412. The summed E-state index contributed by atoms with van der Waals surface area (Å²) < 4.78 is 6.64. The zero-order valence-electron chi connectivity index (χ0n) is 25.3. The van der Waals surface area contributed by atoms with Crippen LogP contribution in [-0.2, 0) is 17.8 Å². The Hall–Kier alpha value is -3.88. The van der Waals surface area contributed by atoms with E-state index >= 15 is 0 Å². The van der Waals surface area contributed by atoms with E-state index in [4.69, 9.17) is 4.74 Å². The number of nitrogens with one attached hydrogen (secondary N) is 2. The lowest BCUT2D eigenvalue weighted by molar-refractivity contribution is -0.134. The second kappa shape index (κ2) is 14.3. The molecular weight excluding hydrogens is 528 g/mol. The van der Waals surface area contributed by atoms with Crippen molar-refractivity contribution in [1.29, 1.82) is 0 Å². The highest BCUT2D eigenvalue weighted by atomic mass is 16.5. The normalized spacial score (nSPS) is 18.0. The van der Waals surface area contributed by atoms with Gasteiger partial charge in [0.2, 0.25) is 5.91 Å². The average molecular weight is 573 g/mol. The predicted molar refractivity (Wildman–Crippen MR) is 167 cm³/mol. The molecule has 0 saturated carbocycles. The first-order valence-corrected chi connectivity index (χ1v) is 14.7. The van der Waals surface area contributed by atoms with Crippen molar-refractivity contribution in [1.82, 2.24) is 15.1 Å². The highest BCUT2D eigenvalue weighted by molar-refractivity contribution is 5.90. The van der Waals surface area contributed by atoms with Gasteiger partial charge in [-0.3, -0.25) is 9.69 Å². The first-order valence-electron chi connectivity index (χ1n) is 14.7. The molecule has 3 aromatic rings. The van der Waals surface area contributed by atoms with Crippen molar-refractivity contribution in [3.63, 3.8) is 0 Å². The van der Waals surface area contributed by atoms with Crippen molar-refractivity contribution < 1.29 is 19.4 Å². The molecule has 1 heterocycles. The number of urea groups is 1. The number of ether oxygens (including phenoxy) is 1. The SMILES string of the molecule is CC(C)NC(=O)Nc1ccc2c(c1)CC(=O)N([C@@H](C)CO)C[C@H](C)[C@H](CN(C)Cc1ccc(-c3ccccc3)cc1)O2. The summed E-state index contributed by atoms with van der Waals surface area (Å²) in [4.78, 5) is 29.8. The number of benzene rings is 3. The van der Waals surface area contributed by atoms with Gasteiger partial charge in [-0.25, -0.2) is 4.79 Å². The maximum absolute atomic E-state index is 13.5. The molecule has 3 atom stereocenters. The zero-order valence-corrected chi connectivity index (χ0v) is 25.3. The van der Waals surface area contributed by atoms with Crippen LogP contribution in [0.5, 0.6) is 5.75 Å². The summed E-state index contributed by atoms with van der Waals surface area (Å²) in [7, 11) is 2.08. The number of likely N-dealkylation sites (N-methyl/N-ethyl adjacent to an activating group) is 1. The summed E-state index contributed by atoms with van der Waals surface area (Å²) in [6.45, 7) is 9.49. The van der Waals surface area contributed by atoms with Gasteiger partial charge in [0, 0.05) is 42.8 Å². The Morgan fingerprint density at radius 2 is 1.74 bits per heavy atom. The quantitative estimate of drug-likeness (QED) is 0.329. The van der Waals surface area contributed by atoms with Crippen molar-refractivity contribution in [3.05, 3.63) is 83.9 Å². The third-order valence-electron chi connectivity index (χ3n) is 7.60. The molecule has 0 unspecified atom stereocenters. The number of amides is 3. The molecule has 0 radical (unpaired) electrons. The minimum atomic E-state index is -0.318. The molecule has 4 rings (SSSR count). The zero-order chi connectivity index (χ0) is 30.2. The molecule has 224 valence electrons. The molecule has 1 aliphatic heterocycles. The van der Waals surface area contributed by atoms with Crippen LogP contribution in [0.2, 0.25) is 0 Å². The monoisotopic (exact) mass is 572 g/mol. The van der Waals surface area contributed by atoms with E-state index in [2.05, 4.69) is 65.9 Å². The molecule has 1 aliphatic rings. The van der Waals surface area contributed by atoms with Crippen LogP contribution in [0, 0.1) is 5.92 Å². The highest BCUT2D eigenvalue weighted by Crippen LogP contribution is 2.29. The van der Waals surface area contributed by atoms with Gasteiger partial charge in [0.15, 0.2) is 0 Å². The average Bonchev–Trinajstić information content (AvgIpc) is 3.00. The predicted octanol–water partition coefficient (Wildman–Crippen LogP) is 5.16. The van der Waals surface area contributed by atoms with Crippen molar-refractivity contribution in [3.8, 4) is 16.9 Å². The van der Waals surface area contributed by atoms with Crippen molar-refractivity contribution in [2.45, 2.75) is 58.8 Å². The van der Waals surface area contributed by atoms with E-state index in [9.17, 15) is 14.7 Å². The van der Waals surface area contributed by atoms with E-state index in [1.165, 1.54) is 16.7 Å². The molecule has 3 N–H and O–H groups in total. The lowest BCUT2D eigenvalue weighted by Gasteiger charge is -2.34. The van der Waals surface area contributed by atoms with E-state index in [1.807, 2.05) is 45.0 Å². The molecule has 3 amide bonds. The topological polar surface area (TPSA) is 94.1 Å². The molecule has 8 nitrogen and oxygen atoms in total. The summed E-state index contributed by atoms with van der Waals surface area (Å²) in [6, 6.07) is 23.8. The van der Waals surface area contributed by atoms with Crippen LogP contribution in [0.3, 0.4) is 0 Å². The number of carbonyl (C=O) groups is 2. The number of aliphatic hydroxyl groups excluding tert-OH is 1. The number of hydrogen-bond acceptors (Lipinski definition) is 5. The molecule has 0 spiro atoms. The molecular formula is C34H44N4O4. The standard InChI is InChI=1S/C34H44N4O4/c1-23(2)35-34(41)36-30-15-16-31-29(17-30)18-33(40)38(25(4)22-39)19-24(3)32(42-31)21-37(5)20-26-11-13-28(14-12-26)27-9-7-6-8-10-27/h6-17,23-25,32,39H,18-22H2,1-5H3,(H2,35,36,41)/t24-,25-,32-/m0/s1. The first-order chi connectivity index (χ1) is 20.1. The highest BCUT2D eigenvalue weighted by Gasteiger charge is 2.31. The molecule has 0 saturated heterocycles. The van der Waals surface area contributed by atoms with Gasteiger partial charge in [0.05, 0.1) is 19.1 Å². The van der Waals surface area contributed by atoms with Gasteiger partial charge < -0.3 is 25.4 Å². The Balaban J connectivity index is 1.53. The van der Waals surface area contributed by atoms with Crippen LogP contribution in [0.25, 0.3) is 11.1 Å². The van der Waals surface area contributed by atoms with E-state index in [0.717, 1.165) is 6.54 Å². The molecule has 3 aromatic carbocycles. The largest absolute Gasteiger partial charge is 0.488 e. The fourth-order valence-electron chi connectivity index (χ4n) is 5.27. The molecule has 42 heavy (non-hydrogen) atoms. The Morgan fingerprint density at radius 3 is 2.40 bits per heavy atom. The molecule has 0 fully saturated rings. The van der Waals surface area contributed by atoms with Gasteiger partial charge in [0.25, 0.3) is 0 Å². The van der Waals surface area contributed by atoms with Gasteiger partial charge in [0.1, 0.15) is 11.9 Å². The van der Waals surface area contributed by atoms with Gasteiger partial charge >= 0.3 is 6.03 Å². The van der Waals surface area contributed by atoms with Crippen LogP contribution in [0.15, 0.2) is 72.8 Å². The smallest absolute Gasteiger partial charge is 0.319 e. The molecule has 0 bridgehead atoms. The van der Waals surface area contributed by atoms with E-state index in [1.54, 1.807) is 17.0 Å². The maximum atomic E-state index is 13.5. The van der Waals surface area contributed by atoms with E-state index < -0.39 is 0 Å². The van der Waals surface area contributed by atoms with Gasteiger partial charge in [-0.2, -0.15) is 0 Å². The summed E-state index contributed by atoms with van der Waals surface area (Å²) in [5, 5.41) is 15.6. The maximum Gasteiger partial charge on any atom is 0.319 e.